The molecule has 3 aliphatic rings. The molecular weight excluding hydrogens is 1050 g/mol. The number of methoxy groups -OCH3 is 1. The second-order valence-corrected chi connectivity index (χ2v) is 19.6. The smallest absolute Gasteiger partial charge is 0.291 e. The monoisotopic (exact) mass is 1100 g/mol. The lowest BCUT2D eigenvalue weighted by Gasteiger charge is -2.08. The Kier molecular flexibility index (Phi) is 13.3. The fraction of sp³-hybridized carbons (Fsp3) is 0.172. The van der Waals surface area contributed by atoms with Crippen molar-refractivity contribution < 1.29 is 17.9 Å². The van der Waals surface area contributed by atoms with Crippen LogP contribution in [0.5, 0.6) is 5.88 Å². The van der Waals surface area contributed by atoms with E-state index in [9.17, 15) is 22.8 Å². The van der Waals surface area contributed by atoms with Crippen molar-refractivity contribution in [2.75, 3.05) is 23.1 Å². The molecule has 3 aromatic carbocycles. The van der Waals surface area contributed by atoms with Gasteiger partial charge in [0.15, 0.2) is 0 Å². The van der Waals surface area contributed by atoms with E-state index in [0.29, 0.717) is 104 Å². The third kappa shape index (κ3) is 10.7. The highest BCUT2D eigenvalue weighted by molar-refractivity contribution is 5.83. The van der Waals surface area contributed by atoms with Crippen molar-refractivity contribution >= 4 is 34.8 Å². The minimum absolute atomic E-state index is 0.252. The van der Waals surface area contributed by atoms with E-state index in [1.165, 1.54) is 36.4 Å². The second kappa shape index (κ2) is 21.5. The molecule has 0 unspecified atom stereocenters. The number of hydrogen-bond donors (Lipinski definition) is 5. The number of nitrogens with one attached hydrogen (secondary N) is 5. The molecule has 408 valence electrons. The van der Waals surface area contributed by atoms with Crippen LogP contribution in [0.2, 0.25) is 0 Å². The zero-order valence-electron chi connectivity index (χ0n) is 43.5. The normalized spacial score (nSPS) is 13.8. The van der Waals surface area contributed by atoms with E-state index in [2.05, 4.69) is 70.8 Å². The molecule has 0 atom stereocenters. The largest absolute Gasteiger partial charge is 0.478 e. The van der Waals surface area contributed by atoms with Crippen LogP contribution in [0.3, 0.4) is 0 Å². The maximum absolute atomic E-state index is 13.4. The molecule has 21 nitrogen and oxygen atoms in total. The Hall–Kier alpha value is -10.7. The molecule has 0 spiro atoms. The van der Waals surface area contributed by atoms with Gasteiger partial charge >= 0.3 is 0 Å². The summed E-state index contributed by atoms with van der Waals surface area (Å²) in [5, 5.41) is 9.87. The summed E-state index contributed by atoms with van der Waals surface area (Å²) >= 11 is 0. The van der Waals surface area contributed by atoms with Crippen molar-refractivity contribution in [3.05, 3.63) is 185 Å². The standard InChI is InChI=1S/C20H17FN6O.2C19H15FN6O/c1-28-19-18-26-16(12-2-4-13(21)5-3-12)17(27(18)11-10-22-19)15-8-9-23-20(25-15)24-14-6-7-14;2*20-12-3-1-11(2-4-12)15-16(26-10-9-21-18(27)17(26)25-15)14-7-8-22-19(24-14)23-13-5-6-13/h2-5,8-11,14H,6-7H2,1H3,(H,23,24,25);2*1-4,7-10,13H,5-6H2,(H,21,27)(H,22,23,24). The quantitative estimate of drug-likeness (QED) is 0.0721. The summed E-state index contributed by atoms with van der Waals surface area (Å²) in [6.45, 7) is 0. The van der Waals surface area contributed by atoms with Crippen LogP contribution >= 0.6 is 0 Å². The summed E-state index contributed by atoms with van der Waals surface area (Å²) in [5.41, 5.74) is 8.46. The van der Waals surface area contributed by atoms with E-state index in [0.717, 1.165) is 49.8 Å². The number of aromatic amines is 2. The summed E-state index contributed by atoms with van der Waals surface area (Å²) in [7, 11) is 1.55. The number of imidazole rings is 3. The van der Waals surface area contributed by atoms with Crippen LogP contribution in [0, 0.1) is 17.5 Å². The number of fused-ring (bicyclic) bond motifs is 3. The minimum Gasteiger partial charge on any atom is -0.478 e. The van der Waals surface area contributed by atoms with E-state index in [4.69, 9.17) is 9.72 Å². The summed E-state index contributed by atoms with van der Waals surface area (Å²) in [4.78, 5) is 74.5. The molecule has 0 aliphatic heterocycles. The predicted molar refractivity (Wildman–Crippen MR) is 300 cm³/mol. The van der Waals surface area contributed by atoms with Gasteiger partial charge < -0.3 is 30.7 Å². The van der Waals surface area contributed by atoms with Gasteiger partial charge in [-0.2, -0.15) is 0 Å². The molecule has 0 bridgehead atoms. The van der Waals surface area contributed by atoms with E-state index < -0.39 is 0 Å². The summed E-state index contributed by atoms with van der Waals surface area (Å²) in [6, 6.07) is 24.9. The van der Waals surface area contributed by atoms with Gasteiger partial charge in [-0.15, -0.1) is 0 Å². The highest BCUT2D eigenvalue weighted by Gasteiger charge is 2.27. The lowest BCUT2D eigenvalue weighted by Crippen LogP contribution is -2.09. The molecule has 0 saturated heterocycles. The molecule has 3 saturated carbocycles. The second-order valence-electron chi connectivity index (χ2n) is 19.6. The van der Waals surface area contributed by atoms with E-state index in [-0.39, 0.29) is 39.9 Å². The lowest BCUT2D eigenvalue weighted by molar-refractivity contribution is 0.400. The maximum Gasteiger partial charge on any atom is 0.291 e. The molecule has 9 aromatic heterocycles. The Morgan fingerprint density at radius 1 is 0.439 bits per heavy atom. The summed E-state index contributed by atoms with van der Waals surface area (Å²) in [5.74, 6) is 1.11. The number of halogens is 3. The van der Waals surface area contributed by atoms with E-state index in [1.807, 2.05) is 16.7 Å². The van der Waals surface area contributed by atoms with Gasteiger partial charge in [0.25, 0.3) is 17.0 Å². The SMILES string of the molecule is COc1nccn2c(-c3ccnc(NC4CC4)n3)c(-c3ccc(F)cc3)nc12.O=c1[nH]ccn2c(-c3ccnc(NC4CC4)n3)c(-c3ccc(F)cc3)nc12.O=c1[nH]ccn2c(-c3ccnc(NC4CC4)n3)c(-c3ccc(F)cc3)nc12. The van der Waals surface area contributed by atoms with Crippen LogP contribution < -0.4 is 31.8 Å². The number of rotatable bonds is 13. The third-order valence-corrected chi connectivity index (χ3v) is 13.6. The highest BCUT2D eigenvalue weighted by Crippen LogP contribution is 2.37. The molecule has 0 amide bonds. The van der Waals surface area contributed by atoms with Gasteiger partial charge in [-0.05, 0) is 130 Å². The maximum atomic E-state index is 13.4. The van der Waals surface area contributed by atoms with Crippen LogP contribution in [0.1, 0.15) is 38.5 Å². The van der Waals surface area contributed by atoms with Gasteiger partial charge in [0.2, 0.25) is 34.8 Å². The van der Waals surface area contributed by atoms with Crippen molar-refractivity contribution in [3.63, 3.8) is 0 Å². The molecule has 24 heteroatoms. The zero-order valence-corrected chi connectivity index (χ0v) is 43.5. The molecule has 15 rings (SSSR count). The van der Waals surface area contributed by atoms with Crippen molar-refractivity contribution in [3.8, 4) is 73.8 Å². The van der Waals surface area contributed by atoms with Crippen LogP contribution in [-0.2, 0) is 0 Å². The first-order chi connectivity index (χ1) is 40.1. The van der Waals surface area contributed by atoms with Gasteiger partial charge in [-0.25, -0.2) is 63.0 Å². The van der Waals surface area contributed by atoms with Crippen molar-refractivity contribution in [2.45, 2.75) is 56.7 Å². The Balaban J connectivity index is 0.000000115. The molecule has 3 aliphatic carbocycles. The number of aromatic nitrogens is 15. The number of benzene rings is 3. The minimum atomic E-state index is -0.333. The molecule has 3 fully saturated rings. The number of hydrogen-bond acceptors (Lipinski definition) is 16. The Morgan fingerprint density at radius 2 is 0.780 bits per heavy atom. The predicted octanol–water partition coefficient (Wildman–Crippen LogP) is 9.30. The van der Waals surface area contributed by atoms with Gasteiger partial charge in [-0.3, -0.25) is 22.8 Å². The first-order valence-electron chi connectivity index (χ1n) is 26.3. The Labute approximate surface area is 462 Å². The molecule has 82 heavy (non-hydrogen) atoms. The van der Waals surface area contributed by atoms with Crippen LogP contribution in [0.15, 0.2) is 156 Å². The molecule has 0 radical (unpaired) electrons. The Morgan fingerprint density at radius 3 is 1.12 bits per heavy atom. The molecule has 9 heterocycles. The van der Waals surface area contributed by atoms with Crippen molar-refractivity contribution in [1.29, 1.82) is 0 Å². The molecule has 5 N–H and O–H groups in total. The average Bonchev–Trinajstić information content (AvgIpc) is 4.61. The van der Waals surface area contributed by atoms with Crippen LogP contribution in [0.4, 0.5) is 31.0 Å². The van der Waals surface area contributed by atoms with Crippen LogP contribution in [-0.4, -0.2) is 98.2 Å². The summed E-state index contributed by atoms with van der Waals surface area (Å²) in [6.07, 6.45) is 21.8. The van der Waals surface area contributed by atoms with E-state index in [1.54, 1.807) is 114 Å². The Bertz CT molecular complexity index is 4250. The first kappa shape index (κ1) is 50.8. The molecular formula is C58H47F3N18O3. The highest BCUT2D eigenvalue weighted by atomic mass is 19.1. The van der Waals surface area contributed by atoms with E-state index >= 15 is 0 Å². The van der Waals surface area contributed by atoms with Crippen LogP contribution in [0.25, 0.3) is 84.9 Å². The van der Waals surface area contributed by atoms with Gasteiger partial charge in [-0.1, -0.05) is 0 Å². The lowest BCUT2D eigenvalue weighted by atomic mass is 10.1. The molecule has 12 aromatic rings. The zero-order chi connectivity index (χ0) is 55.8. The number of anilines is 3. The number of nitrogens with zero attached hydrogens (tertiary/aromatic N) is 13. The topological polar surface area (TPSA) is 253 Å². The first-order valence-corrected chi connectivity index (χ1v) is 26.3. The fourth-order valence-corrected chi connectivity index (χ4v) is 9.15. The van der Waals surface area contributed by atoms with Gasteiger partial charge in [0.05, 0.1) is 58.4 Å². The van der Waals surface area contributed by atoms with Gasteiger partial charge in [0.1, 0.15) is 17.5 Å². The summed E-state index contributed by atoms with van der Waals surface area (Å²) < 4.78 is 50.8. The third-order valence-electron chi connectivity index (χ3n) is 13.6. The average molecular weight is 1100 g/mol. The number of H-pyrrole nitrogens is 2. The van der Waals surface area contributed by atoms with Crippen molar-refractivity contribution in [2.24, 2.45) is 0 Å². The number of ether oxygens (including phenoxy) is 1. The van der Waals surface area contributed by atoms with Gasteiger partial charge in [0, 0.05) is 90.6 Å². The fourth-order valence-electron chi connectivity index (χ4n) is 9.15. The van der Waals surface area contributed by atoms with Crippen molar-refractivity contribution in [1.82, 2.24) is 73.0 Å².